The van der Waals surface area contributed by atoms with Gasteiger partial charge in [0.1, 0.15) is 29.9 Å². The summed E-state index contributed by atoms with van der Waals surface area (Å²) in [7, 11) is -3.73. The highest BCUT2D eigenvalue weighted by molar-refractivity contribution is 7.92. The summed E-state index contributed by atoms with van der Waals surface area (Å²) in [5, 5.41) is 2.78. The zero-order chi connectivity index (χ0) is 26.3. The molecule has 0 spiro atoms. The van der Waals surface area contributed by atoms with Gasteiger partial charge in [-0.05, 0) is 60.4 Å². The molecule has 0 aliphatic rings. The average Bonchev–Trinajstić information content (AvgIpc) is 2.82. The van der Waals surface area contributed by atoms with Crippen molar-refractivity contribution in [1.29, 1.82) is 0 Å². The monoisotopic (exact) mass is 510 g/mol. The smallest absolute Gasteiger partial charge is 0.243 e. The molecule has 1 unspecified atom stereocenters. The Morgan fingerprint density at radius 2 is 1.50 bits per heavy atom. The summed E-state index contributed by atoms with van der Waals surface area (Å²) in [6.45, 7) is 8.38. The lowest BCUT2D eigenvalue weighted by molar-refractivity contribution is -0.121. The van der Waals surface area contributed by atoms with Gasteiger partial charge in [0.15, 0.2) is 0 Å². The van der Waals surface area contributed by atoms with E-state index in [4.69, 9.17) is 9.47 Å². The van der Waals surface area contributed by atoms with Crippen LogP contribution >= 0.6 is 0 Å². The summed E-state index contributed by atoms with van der Waals surface area (Å²) in [5.41, 5.74) is 1.37. The molecule has 0 radical (unpaired) electrons. The quantitative estimate of drug-likeness (QED) is 0.383. The number of hydrogen-bond donors (Lipinski definition) is 1. The fourth-order valence-electron chi connectivity index (χ4n) is 3.79. The first-order valence-electron chi connectivity index (χ1n) is 11.8. The lowest BCUT2D eigenvalue weighted by Gasteiger charge is -2.28. The van der Waals surface area contributed by atoms with Crippen LogP contribution in [0.4, 0.5) is 5.69 Å². The van der Waals surface area contributed by atoms with Crippen LogP contribution < -0.4 is 19.1 Å². The van der Waals surface area contributed by atoms with Crippen LogP contribution in [0.2, 0.25) is 0 Å². The fraction of sp³-hybridized carbons (Fsp3) is 0.321. The van der Waals surface area contributed by atoms with E-state index in [0.717, 1.165) is 21.9 Å². The molecule has 3 aromatic rings. The van der Waals surface area contributed by atoms with Crippen LogP contribution in [0.3, 0.4) is 0 Å². The zero-order valence-corrected chi connectivity index (χ0v) is 22.2. The molecule has 1 amide bonds. The lowest BCUT2D eigenvalue weighted by atomic mass is 9.86. The zero-order valence-electron chi connectivity index (χ0n) is 21.4. The van der Waals surface area contributed by atoms with Gasteiger partial charge in [0, 0.05) is 0 Å². The van der Waals surface area contributed by atoms with Crippen LogP contribution in [-0.2, 0) is 20.2 Å². The van der Waals surface area contributed by atoms with Crippen molar-refractivity contribution in [2.75, 3.05) is 23.7 Å². The molecule has 1 atom stereocenters. The Bertz CT molecular complexity index is 1250. The normalized spacial score (nSPS) is 12.5. The Kier molecular flexibility index (Phi) is 8.63. The van der Waals surface area contributed by atoms with Gasteiger partial charge in [-0.2, -0.15) is 0 Å². The highest BCUT2D eigenvalue weighted by Crippen LogP contribution is 2.31. The van der Waals surface area contributed by atoms with Gasteiger partial charge in [0.2, 0.25) is 15.9 Å². The van der Waals surface area contributed by atoms with Gasteiger partial charge in [-0.25, -0.2) is 8.42 Å². The number of para-hydroxylation sites is 2. The van der Waals surface area contributed by atoms with Gasteiger partial charge in [-0.1, -0.05) is 57.2 Å². The number of benzene rings is 3. The summed E-state index contributed by atoms with van der Waals surface area (Å²) in [5.74, 6) is 1.58. The number of carbonyl (C=O) groups excluding carboxylic acids is 1. The summed E-state index contributed by atoms with van der Waals surface area (Å²) in [6.07, 6.45) is 1.08. The minimum atomic E-state index is -3.73. The number of hydrogen-bond acceptors (Lipinski definition) is 5. The number of carbonyl (C=O) groups is 1. The van der Waals surface area contributed by atoms with Crippen molar-refractivity contribution >= 4 is 21.6 Å². The first-order valence-corrected chi connectivity index (χ1v) is 13.6. The van der Waals surface area contributed by atoms with Gasteiger partial charge in [-0.3, -0.25) is 9.10 Å². The molecule has 0 aliphatic carbocycles. The van der Waals surface area contributed by atoms with Gasteiger partial charge in [0.05, 0.1) is 18.5 Å². The minimum Gasteiger partial charge on any atom is -0.491 e. The van der Waals surface area contributed by atoms with Crippen molar-refractivity contribution in [3.05, 3.63) is 84.4 Å². The van der Waals surface area contributed by atoms with E-state index in [-0.39, 0.29) is 18.6 Å². The second kappa shape index (κ2) is 11.5. The molecule has 8 heteroatoms. The van der Waals surface area contributed by atoms with Gasteiger partial charge in [-0.15, -0.1) is 0 Å². The van der Waals surface area contributed by atoms with Crippen LogP contribution in [0.5, 0.6) is 17.2 Å². The van der Waals surface area contributed by atoms with E-state index in [1.54, 1.807) is 31.2 Å². The minimum absolute atomic E-state index is 0.0774. The van der Waals surface area contributed by atoms with E-state index < -0.39 is 22.0 Å². The first-order chi connectivity index (χ1) is 17.0. The molecule has 3 aromatic carbocycles. The first kappa shape index (κ1) is 27.1. The Morgan fingerprint density at radius 1 is 0.917 bits per heavy atom. The van der Waals surface area contributed by atoms with Crippen molar-refractivity contribution in [2.24, 2.45) is 0 Å². The predicted octanol–water partition coefficient (Wildman–Crippen LogP) is 5.13. The second-order valence-electron chi connectivity index (χ2n) is 9.53. The number of amides is 1. The number of sulfonamides is 1. The van der Waals surface area contributed by atoms with Gasteiger partial charge >= 0.3 is 0 Å². The number of nitrogens with one attached hydrogen (secondary N) is 1. The summed E-state index contributed by atoms with van der Waals surface area (Å²) in [4.78, 5) is 12.9. The van der Waals surface area contributed by atoms with E-state index in [2.05, 4.69) is 26.1 Å². The van der Waals surface area contributed by atoms with Crippen molar-refractivity contribution in [3.63, 3.8) is 0 Å². The third-order valence-electron chi connectivity index (χ3n) is 5.51. The molecule has 0 fully saturated rings. The van der Waals surface area contributed by atoms with E-state index in [9.17, 15) is 13.2 Å². The Labute approximate surface area is 214 Å². The van der Waals surface area contributed by atoms with Crippen LogP contribution in [0.25, 0.3) is 0 Å². The summed E-state index contributed by atoms with van der Waals surface area (Å²) >= 11 is 0. The van der Waals surface area contributed by atoms with E-state index in [1.807, 2.05) is 54.6 Å². The second-order valence-corrected chi connectivity index (χ2v) is 11.4. The number of ether oxygens (including phenoxy) is 2. The van der Waals surface area contributed by atoms with Crippen molar-refractivity contribution in [2.45, 2.75) is 39.2 Å². The molecule has 1 N–H and O–H groups in total. The average molecular weight is 511 g/mol. The molecule has 3 rings (SSSR count). The van der Waals surface area contributed by atoms with E-state index in [0.29, 0.717) is 17.2 Å². The Balaban J connectivity index is 1.63. The highest BCUT2D eigenvalue weighted by Gasteiger charge is 2.29. The topological polar surface area (TPSA) is 84.9 Å². The number of anilines is 1. The lowest BCUT2D eigenvalue weighted by Crippen LogP contribution is -2.48. The molecule has 7 nitrogen and oxygen atoms in total. The van der Waals surface area contributed by atoms with Crippen molar-refractivity contribution in [3.8, 4) is 17.2 Å². The van der Waals surface area contributed by atoms with Gasteiger partial charge in [0.25, 0.3) is 0 Å². The van der Waals surface area contributed by atoms with Gasteiger partial charge < -0.3 is 14.8 Å². The van der Waals surface area contributed by atoms with Crippen LogP contribution in [0, 0.1) is 0 Å². The van der Waals surface area contributed by atoms with Crippen molar-refractivity contribution < 1.29 is 22.7 Å². The molecule has 0 saturated heterocycles. The molecule has 0 saturated carbocycles. The number of nitrogens with zero attached hydrogens (tertiary/aromatic N) is 1. The third-order valence-corrected chi connectivity index (χ3v) is 6.75. The number of rotatable bonds is 10. The molecule has 192 valence electrons. The maximum absolute atomic E-state index is 12.9. The van der Waals surface area contributed by atoms with Crippen molar-refractivity contribution in [1.82, 2.24) is 5.32 Å². The highest BCUT2D eigenvalue weighted by atomic mass is 32.2. The summed E-state index contributed by atoms with van der Waals surface area (Å²) < 4.78 is 38.0. The third kappa shape index (κ3) is 7.24. The molecule has 36 heavy (non-hydrogen) atoms. The predicted molar refractivity (Wildman–Crippen MR) is 143 cm³/mol. The Morgan fingerprint density at radius 3 is 2.11 bits per heavy atom. The fourth-order valence-corrected chi connectivity index (χ4v) is 4.96. The molecular formula is C28H34N2O5S. The maximum atomic E-state index is 12.9. The van der Waals surface area contributed by atoms with E-state index in [1.165, 1.54) is 0 Å². The van der Waals surface area contributed by atoms with E-state index >= 15 is 0 Å². The standard InChI is InChI=1S/C28H34N2O5S/c1-21(27(31)29-19-20-34-26-14-10-9-13-25(26)28(2,3)4)30(36(5,32)33)22-15-17-24(18-16-22)35-23-11-7-6-8-12-23/h6-18,21H,19-20H2,1-5H3,(H,29,31). The molecule has 0 bridgehead atoms. The van der Waals surface area contributed by atoms with Crippen LogP contribution in [0.1, 0.15) is 33.3 Å². The largest absolute Gasteiger partial charge is 0.491 e. The Hall–Kier alpha value is -3.52. The van der Waals surface area contributed by atoms with Crippen LogP contribution in [-0.4, -0.2) is 39.8 Å². The maximum Gasteiger partial charge on any atom is 0.243 e. The molecule has 0 heterocycles. The molecule has 0 aromatic heterocycles. The van der Waals surface area contributed by atoms with Crippen LogP contribution in [0.15, 0.2) is 78.9 Å². The SMILES string of the molecule is CC(C(=O)NCCOc1ccccc1C(C)(C)C)N(c1ccc(Oc2ccccc2)cc1)S(C)(=O)=O. The molecular weight excluding hydrogens is 476 g/mol. The summed E-state index contributed by atoms with van der Waals surface area (Å²) in [6, 6.07) is 22.7. The molecule has 0 aliphatic heterocycles.